The lowest BCUT2D eigenvalue weighted by Gasteiger charge is -2.25. The van der Waals surface area contributed by atoms with Gasteiger partial charge in [0, 0.05) is 41.0 Å². The third kappa shape index (κ3) is 5.56. The summed E-state index contributed by atoms with van der Waals surface area (Å²) < 4.78 is 28.6. The highest BCUT2D eigenvalue weighted by atomic mass is 31.2. The van der Waals surface area contributed by atoms with Crippen LogP contribution in [0.2, 0.25) is 0 Å². The van der Waals surface area contributed by atoms with Crippen LogP contribution in [0.25, 0.3) is 0 Å². The second-order valence-corrected chi connectivity index (χ2v) is 14.3. The number of rotatable bonds is 9. The van der Waals surface area contributed by atoms with E-state index in [-0.39, 0.29) is 12.1 Å². The zero-order chi connectivity index (χ0) is 24.7. The Hall–Kier alpha value is -3.19. The molecule has 0 aromatic heterocycles. The standard InChI is InChI=1S/C29H29NO3P2/c1-30(22-23-34(32,25-14-6-2-7-15-25)26-16-8-3-9-17-26)29(31)24-35(33,27-18-10-4-11-19-27)28-20-12-5-13-21-28/h2-21H,22-24H2,1H3. The van der Waals surface area contributed by atoms with Gasteiger partial charge >= 0.3 is 0 Å². The number of nitrogens with zero attached hydrogens (tertiary/aromatic N) is 1. The highest BCUT2D eigenvalue weighted by Crippen LogP contribution is 2.45. The van der Waals surface area contributed by atoms with Crippen LogP contribution < -0.4 is 21.2 Å². The number of hydrogen-bond acceptors (Lipinski definition) is 3. The first-order valence-corrected chi connectivity index (χ1v) is 15.4. The Morgan fingerprint density at radius 3 is 1.23 bits per heavy atom. The molecule has 35 heavy (non-hydrogen) atoms. The van der Waals surface area contributed by atoms with Gasteiger partial charge in [0.1, 0.15) is 7.14 Å². The molecule has 0 aliphatic heterocycles. The molecule has 4 aromatic rings. The molecule has 0 heterocycles. The minimum absolute atomic E-state index is 0.113. The van der Waals surface area contributed by atoms with Crippen molar-refractivity contribution in [1.29, 1.82) is 0 Å². The third-order valence-electron chi connectivity index (χ3n) is 6.23. The van der Waals surface area contributed by atoms with Crippen LogP contribution in [0, 0.1) is 0 Å². The summed E-state index contributed by atoms with van der Waals surface area (Å²) in [5.41, 5.74) is 0. The summed E-state index contributed by atoms with van der Waals surface area (Å²) in [6.07, 6.45) is 0.197. The smallest absolute Gasteiger partial charge is 0.230 e. The monoisotopic (exact) mass is 501 g/mol. The highest BCUT2D eigenvalue weighted by Gasteiger charge is 2.33. The normalized spacial score (nSPS) is 11.7. The van der Waals surface area contributed by atoms with Gasteiger partial charge < -0.3 is 14.0 Å². The van der Waals surface area contributed by atoms with Crippen molar-refractivity contribution >= 4 is 41.4 Å². The molecule has 0 aliphatic carbocycles. The summed E-state index contributed by atoms with van der Waals surface area (Å²) >= 11 is 0. The van der Waals surface area contributed by atoms with Crippen LogP contribution in [0.15, 0.2) is 121 Å². The Labute approximate surface area is 207 Å². The molecule has 0 atom stereocenters. The summed E-state index contributed by atoms with van der Waals surface area (Å²) in [5.74, 6) is -0.228. The van der Waals surface area contributed by atoms with Gasteiger partial charge in [-0.05, 0) is 0 Å². The molecule has 0 spiro atoms. The minimum atomic E-state index is -3.17. The van der Waals surface area contributed by atoms with E-state index in [0.29, 0.717) is 23.3 Å². The fourth-order valence-electron chi connectivity index (χ4n) is 4.14. The van der Waals surface area contributed by atoms with Crippen LogP contribution in [-0.4, -0.2) is 36.7 Å². The predicted molar refractivity (Wildman–Crippen MR) is 147 cm³/mol. The van der Waals surface area contributed by atoms with Crippen LogP contribution in [0.3, 0.4) is 0 Å². The number of carbonyl (C=O) groups is 1. The Balaban J connectivity index is 1.57. The molecule has 178 valence electrons. The van der Waals surface area contributed by atoms with Gasteiger partial charge in [0.15, 0.2) is 7.14 Å². The summed E-state index contributed by atoms with van der Waals surface area (Å²) in [7, 11) is -4.43. The second kappa shape index (κ2) is 11.0. The van der Waals surface area contributed by atoms with E-state index in [9.17, 15) is 13.9 Å². The lowest BCUT2D eigenvalue weighted by Crippen LogP contribution is -2.36. The molecule has 0 aliphatic rings. The van der Waals surface area contributed by atoms with Crippen molar-refractivity contribution in [3.63, 3.8) is 0 Å². The molecule has 4 nitrogen and oxygen atoms in total. The Morgan fingerprint density at radius 1 is 0.571 bits per heavy atom. The van der Waals surface area contributed by atoms with E-state index >= 15 is 0 Å². The van der Waals surface area contributed by atoms with Gasteiger partial charge in [0.2, 0.25) is 5.91 Å². The molecule has 1 amide bonds. The van der Waals surface area contributed by atoms with Gasteiger partial charge in [-0.1, -0.05) is 121 Å². The quantitative estimate of drug-likeness (QED) is 0.318. The van der Waals surface area contributed by atoms with Crippen molar-refractivity contribution in [3.05, 3.63) is 121 Å². The second-order valence-electron chi connectivity index (χ2n) is 8.52. The first kappa shape index (κ1) is 24.9. The molecule has 0 fully saturated rings. The van der Waals surface area contributed by atoms with E-state index < -0.39 is 14.3 Å². The number of amides is 1. The van der Waals surface area contributed by atoms with Crippen LogP contribution in [0.1, 0.15) is 0 Å². The summed E-state index contributed by atoms with van der Waals surface area (Å²) in [4.78, 5) is 14.9. The van der Waals surface area contributed by atoms with Crippen molar-refractivity contribution in [2.45, 2.75) is 0 Å². The summed E-state index contributed by atoms with van der Waals surface area (Å²) in [6.45, 7) is 0.295. The summed E-state index contributed by atoms with van der Waals surface area (Å²) in [6, 6.07) is 37.3. The zero-order valence-corrected chi connectivity index (χ0v) is 21.5. The minimum Gasteiger partial charge on any atom is -0.345 e. The molecule has 4 rings (SSSR count). The predicted octanol–water partition coefficient (Wildman–Crippen LogP) is 4.47. The third-order valence-corrected chi connectivity index (χ3v) is 12.3. The number of carbonyl (C=O) groups excluding carboxylic acids is 1. The molecule has 0 N–H and O–H groups in total. The van der Waals surface area contributed by atoms with Crippen molar-refractivity contribution in [2.75, 3.05) is 25.9 Å². The average Bonchev–Trinajstić information content (AvgIpc) is 2.93. The number of hydrogen-bond donors (Lipinski definition) is 0. The SMILES string of the molecule is CN(CCP(=O)(c1ccccc1)c1ccccc1)C(=O)CP(=O)(c1ccccc1)c1ccccc1. The fraction of sp³-hybridized carbons (Fsp3) is 0.138. The fourth-order valence-corrected chi connectivity index (χ4v) is 9.44. The maximum atomic E-state index is 14.3. The maximum absolute atomic E-state index is 14.3. The van der Waals surface area contributed by atoms with Crippen LogP contribution >= 0.6 is 14.3 Å². The van der Waals surface area contributed by atoms with Gasteiger partial charge in [0.05, 0.1) is 6.16 Å². The largest absolute Gasteiger partial charge is 0.345 e. The van der Waals surface area contributed by atoms with Gasteiger partial charge in [-0.3, -0.25) is 4.79 Å². The van der Waals surface area contributed by atoms with E-state index in [0.717, 1.165) is 10.6 Å². The van der Waals surface area contributed by atoms with Crippen LogP contribution in [-0.2, 0) is 13.9 Å². The van der Waals surface area contributed by atoms with E-state index in [1.807, 2.05) is 121 Å². The number of benzene rings is 4. The van der Waals surface area contributed by atoms with Gasteiger partial charge in [0.25, 0.3) is 0 Å². The maximum Gasteiger partial charge on any atom is 0.230 e. The molecule has 0 unspecified atom stereocenters. The molecule has 0 bridgehead atoms. The van der Waals surface area contributed by atoms with E-state index in [4.69, 9.17) is 0 Å². The van der Waals surface area contributed by atoms with Crippen molar-refractivity contribution in [3.8, 4) is 0 Å². The van der Waals surface area contributed by atoms with Gasteiger partial charge in [-0.15, -0.1) is 0 Å². The topological polar surface area (TPSA) is 54.5 Å². The van der Waals surface area contributed by atoms with Gasteiger partial charge in [-0.25, -0.2) is 0 Å². The Kier molecular flexibility index (Phi) is 7.86. The lowest BCUT2D eigenvalue weighted by molar-refractivity contribution is -0.126. The van der Waals surface area contributed by atoms with E-state index in [1.54, 1.807) is 11.9 Å². The van der Waals surface area contributed by atoms with E-state index in [1.165, 1.54) is 0 Å². The average molecular weight is 502 g/mol. The van der Waals surface area contributed by atoms with E-state index in [2.05, 4.69) is 0 Å². The van der Waals surface area contributed by atoms with Crippen molar-refractivity contribution in [1.82, 2.24) is 4.90 Å². The Morgan fingerprint density at radius 2 is 0.886 bits per heavy atom. The summed E-state index contributed by atoms with van der Waals surface area (Å²) in [5, 5.41) is 2.86. The zero-order valence-electron chi connectivity index (χ0n) is 19.7. The molecule has 0 radical (unpaired) electrons. The molecule has 4 aromatic carbocycles. The Bertz CT molecular complexity index is 1260. The molecular weight excluding hydrogens is 472 g/mol. The molecule has 6 heteroatoms. The van der Waals surface area contributed by atoms with Gasteiger partial charge in [-0.2, -0.15) is 0 Å². The highest BCUT2D eigenvalue weighted by molar-refractivity contribution is 7.79. The molecule has 0 saturated carbocycles. The van der Waals surface area contributed by atoms with Crippen LogP contribution in [0.4, 0.5) is 0 Å². The molecule has 0 saturated heterocycles. The molecular formula is C29H29NO3P2. The first-order valence-electron chi connectivity index (χ1n) is 11.6. The van der Waals surface area contributed by atoms with Crippen molar-refractivity contribution in [2.24, 2.45) is 0 Å². The lowest BCUT2D eigenvalue weighted by atomic mass is 10.4. The van der Waals surface area contributed by atoms with Crippen molar-refractivity contribution < 1.29 is 13.9 Å². The van der Waals surface area contributed by atoms with Crippen LogP contribution in [0.5, 0.6) is 0 Å². The first-order chi connectivity index (χ1) is 16.9.